The minimum Gasteiger partial charge on any atom is -0.331 e. The molecule has 1 aromatic rings. The van der Waals surface area contributed by atoms with Crippen LogP contribution in [0, 0.1) is 0 Å². The molecule has 0 aliphatic carbocycles. The molecule has 0 fully saturated rings. The van der Waals surface area contributed by atoms with Gasteiger partial charge < -0.3 is 4.48 Å². The van der Waals surface area contributed by atoms with Crippen LogP contribution in [0.25, 0.3) is 0 Å². The summed E-state index contributed by atoms with van der Waals surface area (Å²) in [6, 6.07) is 9.55. The van der Waals surface area contributed by atoms with Crippen LogP contribution < -0.4 is 0 Å². The van der Waals surface area contributed by atoms with Crippen LogP contribution in [0.15, 0.2) is 30.3 Å². The Labute approximate surface area is 98.5 Å². The number of ketones is 1. The van der Waals surface area contributed by atoms with Gasteiger partial charge in [0.25, 0.3) is 0 Å². The molecule has 0 saturated carbocycles. The molecule has 16 heavy (non-hydrogen) atoms. The van der Waals surface area contributed by atoms with Crippen molar-refractivity contribution in [3.05, 3.63) is 35.9 Å². The molecule has 0 radical (unpaired) electrons. The average molecular weight is 220 g/mol. The highest BCUT2D eigenvalue weighted by Gasteiger charge is 2.08. The molecule has 0 spiro atoms. The Morgan fingerprint density at radius 1 is 1.06 bits per heavy atom. The maximum Gasteiger partial charge on any atom is 0.162 e. The number of hydrogen-bond donors (Lipinski definition) is 0. The molecule has 1 aromatic carbocycles. The highest BCUT2D eigenvalue weighted by atomic mass is 16.1. The Hall–Kier alpha value is -1.15. The molecule has 2 nitrogen and oxygen atoms in total. The van der Waals surface area contributed by atoms with Crippen molar-refractivity contribution >= 4 is 5.78 Å². The van der Waals surface area contributed by atoms with E-state index in [4.69, 9.17) is 0 Å². The summed E-state index contributed by atoms with van der Waals surface area (Å²) in [5.74, 6) is 0.266. The molecule has 0 amide bonds. The Kier molecular flexibility index (Phi) is 4.69. The van der Waals surface area contributed by atoms with Gasteiger partial charge in [0.15, 0.2) is 5.78 Å². The van der Waals surface area contributed by atoms with Crippen molar-refractivity contribution in [2.24, 2.45) is 0 Å². The highest BCUT2D eigenvalue weighted by Crippen LogP contribution is 2.07. The second kappa shape index (κ2) is 5.80. The predicted molar refractivity (Wildman–Crippen MR) is 67.5 cm³/mol. The van der Waals surface area contributed by atoms with Crippen LogP contribution in [0.1, 0.15) is 29.6 Å². The summed E-state index contributed by atoms with van der Waals surface area (Å²) < 4.78 is 0.972. The van der Waals surface area contributed by atoms with Crippen molar-refractivity contribution in [3.63, 3.8) is 0 Å². The maximum absolute atomic E-state index is 11.8. The molecule has 0 bridgehead atoms. The summed E-state index contributed by atoms with van der Waals surface area (Å²) in [5.41, 5.74) is 0.841. The van der Waals surface area contributed by atoms with Gasteiger partial charge in [0.2, 0.25) is 0 Å². The molecular formula is C14H22NO+. The van der Waals surface area contributed by atoms with Gasteiger partial charge in [-0.25, -0.2) is 0 Å². The normalized spacial score (nSPS) is 11.4. The number of Topliss-reactive ketones (excluding diaryl/α,β-unsaturated/α-hetero) is 1. The molecule has 1 rings (SSSR count). The number of unbranched alkanes of at least 4 members (excludes halogenated alkanes) is 1. The van der Waals surface area contributed by atoms with Crippen LogP contribution >= 0.6 is 0 Å². The zero-order valence-corrected chi connectivity index (χ0v) is 10.6. The molecule has 0 atom stereocenters. The van der Waals surface area contributed by atoms with Crippen LogP contribution in [0.5, 0.6) is 0 Å². The molecular weight excluding hydrogens is 198 g/mol. The first-order chi connectivity index (χ1) is 7.49. The van der Waals surface area contributed by atoms with Gasteiger partial charge in [-0.15, -0.1) is 0 Å². The second-order valence-corrected chi connectivity index (χ2v) is 5.26. The fraction of sp³-hybridized carbons (Fsp3) is 0.500. The van der Waals surface area contributed by atoms with Gasteiger partial charge in [-0.2, -0.15) is 0 Å². The van der Waals surface area contributed by atoms with Crippen molar-refractivity contribution in [1.82, 2.24) is 0 Å². The Morgan fingerprint density at radius 3 is 2.25 bits per heavy atom. The monoisotopic (exact) mass is 220 g/mol. The average Bonchev–Trinajstić information content (AvgIpc) is 2.24. The third-order valence-electron chi connectivity index (χ3n) is 2.58. The molecule has 0 aliphatic heterocycles. The molecule has 0 unspecified atom stereocenters. The van der Waals surface area contributed by atoms with Crippen LogP contribution in [-0.2, 0) is 0 Å². The second-order valence-electron chi connectivity index (χ2n) is 5.26. The summed E-state index contributed by atoms with van der Waals surface area (Å²) >= 11 is 0. The number of benzene rings is 1. The summed E-state index contributed by atoms with van der Waals surface area (Å²) in [6.07, 6.45) is 2.77. The minimum absolute atomic E-state index is 0.266. The van der Waals surface area contributed by atoms with Gasteiger partial charge in [0.05, 0.1) is 27.7 Å². The first kappa shape index (κ1) is 12.9. The van der Waals surface area contributed by atoms with Gasteiger partial charge in [-0.1, -0.05) is 30.3 Å². The first-order valence-corrected chi connectivity index (χ1v) is 5.88. The standard InChI is InChI=1S/C14H22NO/c1-15(2,3)12-8-7-11-14(16)13-9-5-4-6-10-13/h4-6,9-10H,7-8,11-12H2,1-3H3/q+1. The number of hydrogen-bond acceptors (Lipinski definition) is 1. The number of quaternary nitrogens is 1. The zero-order chi connectivity index (χ0) is 12.0. The van der Waals surface area contributed by atoms with Crippen molar-refractivity contribution < 1.29 is 9.28 Å². The predicted octanol–water partition coefficient (Wildman–Crippen LogP) is 2.75. The molecule has 0 N–H and O–H groups in total. The first-order valence-electron chi connectivity index (χ1n) is 5.88. The smallest absolute Gasteiger partial charge is 0.162 e. The fourth-order valence-electron chi connectivity index (χ4n) is 1.64. The third kappa shape index (κ3) is 5.08. The molecule has 0 heterocycles. The van der Waals surface area contributed by atoms with Crippen molar-refractivity contribution in [2.75, 3.05) is 27.7 Å². The van der Waals surface area contributed by atoms with E-state index in [1.165, 1.54) is 0 Å². The van der Waals surface area contributed by atoms with Crippen LogP contribution in [-0.4, -0.2) is 38.0 Å². The number of rotatable bonds is 6. The minimum atomic E-state index is 0.266. The van der Waals surface area contributed by atoms with E-state index in [0.717, 1.165) is 29.4 Å². The van der Waals surface area contributed by atoms with Crippen LogP contribution in [0.4, 0.5) is 0 Å². The van der Waals surface area contributed by atoms with Gasteiger partial charge in [0.1, 0.15) is 0 Å². The van der Waals surface area contributed by atoms with Crippen molar-refractivity contribution in [2.45, 2.75) is 19.3 Å². The molecule has 88 valence electrons. The summed E-state index contributed by atoms with van der Waals surface area (Å²) in [4.78, 5) is 11.8. The summed E-state index contributed by atoms with van der Waals surface area (Å²) in [6.45, 7) is 1.13. The van der Waals surface area contributed by atoms with Gasteiger partial charge in [0, 0.05) is 12.0 Å². The van der Waals surface area contributed by atoms with E-state index in [2.05, 4.69) is 21.1 Å². The molecule has 0 aliphatic rings. The van der Waals surface area contributed by atoms with E-state index in [0.29, 0.717) is 6.42 Å². The van der Waals surface area contributed by atoms with Crippen molar-refractivity contribution in [1.29, 1.82) is 0 Å². The topological polar surface area (TPSA) is 17.1 Å². The number of carbonyl (C=O) groups is 1. The Morgan fingerprint density at radius 2 is 1.69 bits per heavy atom. The number of nitrogens with zero attached hydrogens (tertiary/aromatic N) is 1. The zero-order valence-electron chi connectivity index (χ0n) is 10.6. The van der Waals surface area contributed by atoms with E-state index in [-0.39, 0.29) is 5.78 Å². The van der Waals surface area contributed by atoms with Gasteiger partial charge >= 0.3 is 0 Å². The maximum atomic E-state index is 11.8. The lowest BCUT2D eigenvalue weighted by Crippen LogP contribution is -2.35. The highest BCUT2D eigenvalue weighted by molar-refractivity contribution is 5.95. The SMILES string of the molecule is C[N+](C)(C)CCCCC(=O)c1ccccc1. The Balaban J connectivity index is 2.27. The van der Waals surface area contributed by atoms with E-state index >= 15 is 0 Å². The largest absolute Gasteiger partial charge is 0.331 e. The molecule has 2 heteroatoms. The lowest BCUT2D eigenvalue weighted by molar-refractivity contribution is -0.870. The quantitative estimate of drug-likeness (QED) is 0.409. The summed E-state index contributed by atoms with van der Waals surface area (Å²) in [5, 5.41) is 0. The van der Waals surface area contributed by atoms with Gasteiger partial charge in [-0.3, -0.25) is 4.79 Å². The van der Waals surface area contributed by atoms with E-state index in [1.807, 2.05) is 30.3 Å². The van der Waals surface area contributed by atoms with Gasteiger partial charge in [-0.05, 0) is 12.8 Å². The Bertz CT molecular complexity index is 324. The number of carbonyl (C=O) groups excluding carboxylic acids is 1. The molecule has 0 saturated heterocycles. The van der Waals surface area contributed by atoms with E-state index < -0.39 is 0 Å². The fourth-order valence-corrected chi connectivity index (χ4v) is 1.64. The third-order valence-corrected chi connectivity index (χ3v) is 2.58. The summed E-state index contributed by atoms with van der Waals surface area (Å²) in [7, 11) is 6.54. The van der Waals surface area contributed by atoms with Crippen LogP contribution in [0.2, 0.25) is 0 Å². The van der Waals surface area contributed by atoms with Crippen LogP contribution in [0.3, 0.4) is 0 Å². The molecule has 0 aromatic heterocycles. The lowest BCUT2D eigenvalue weighted by Gasteiger charge is -2.23. The van der Waals surface area contributed by atoms with Crippen molar-refractivity contribution in [3.8, 4) is 0 Å². The lowest BCUT2D eigenvalue weighted by atomic mass is 10.1. The van der Waals surface area contributed by atoms with E-state index in [1.54, 1.807) is 0 Å². The van der Waals surface area contributed by atoms with E-state index in [9.17, 15) is 4.79 Å².